The summed E-state index contributed by atoms with van der Waals surface area (Å²) < 4.78 is 5.16. The number of hydrogen-bond donors (Lipinski definition) is 0. The largest absolute Gasteiger partial charge is 0.497 e. The molecule has 7 nitrogen and oxygen atoms in total. The number of benzene rings is 1. The highest BCUT2D eigenvalue weighted by Gasteiger charge is 2.22. The topological polar surface area (TPSA) is 61.8 Å². The molecule has 0 N–H and O–H groups in total. The first-order chi connectivity index (χ1) is 13.0. The van der Waals surface area contributed by atoms with Gasteiger partial charge in [0.2, 0.25) is 5.91 Å². The van der Waals surface area contributed by atoms with Gasteiger partial charge in [-0.05, 0) is 24.6 Å². The molecule has 0 bridgehead atoms. The Hall–Kier alpha value is -2.83. The number of amides is 1. The van der Waals surface area contributed by atoms with Crippen molar-refractivity contribution in [3.8, 4) is 5.75 Å². The molecule has 0 unspecified atom stereocenters. The molecule has 0 spiro atoms. The van der Waals surface area contributed by atoms with E-state index in [1.165, 1.54) is 0 Å². The molecule has 27 heavy (non-hydrogen) atoms. The zero-order valence-corrected chi connectivity index (χ0v) is 16.5. The van der Waals surface area contributed by atoms with Crippen molar-refractivity contribution in [2.24, 2.45) is 0 Å². The maximum Gasteiger partial charge on any atom is 0.227 e. The van der Waals surface area contributed by atoms with Crippen molar-refractivity contribution in [3.63, 3.8) is 0 Å². The highest BCUT2D eigenvalue weighted by Crippen LogP contribution is 2.20. The number of anilines is 2. The van der Waals surface area contributed by atoms with E-state index < -0.39 is 0 Å². The number of nitrogens with zero attached hydrogens (tertiary/aromatic N) is 5. The van der Waals surface area contributed by atoms with Gasteiger partial charge in [-0.25, -0.2) is 9.97 Å². The number of carbonyl (C=O) groups is 1. The first-order valence-corrected chi connectivity index (χ1v) is 9.15. The van der Waals surface area contributed by atoms with E-state index in [0.717, 1.165) is 41.9 Å². The number of aryl methyl sites for hydroxylation is 1. The number of methoxy groups -OCH3 is 1. The average Bonchev–Trinajstić information content (AvgIpc) is 2.68. The standard InChI is InChI=1S/C20H27N5O2/c1-15-21-18(23(2)3)14-19(22-15)24-9-11-25(12-10-24)20(26)13-16-5-7-17(27-4)8-6-16/h5-8,14H,9-13H2,1-4H3. The van der Waals surface area contributed by atoms with E-state index >= 15 is 0 Å². The minimum Gasteiger partial charge on any atom is -0.497 e. The normalized spacial score (nSPS) is 14.2. The van der Waals surface area contributed by atoms with E-state index in [-0.39, 0.29) is 5.91 Å². The predicted molar refractivity (Wildman–Crippen MR) is 107 cm³/mol. The van der Waals surface area contributed by atoms with Crippen molar-refractivity contribution < 1.29 is 9.53 Å². The van der Waals surface area contributed by atoms with Crippen LogP contribution in [-0.4, -0.2) is 68.2 Å². The van der Waals surface area contributed by atoms with Gasteiger partial charge in [-0.2, -0.15) is 0 Å². The van der Waals surface area contributed by atoms with Gasteiger partial charge in [0.05, 0.1) is 13.5 Å². The SMILES string of the molecule is COc1ccc(CC(=O)N2CCN(c3cc(N(C)C)nc(C)n3)CC2)cc1. The number of piperazine rings is 1. The van der Waals surface area contributed by atoms with Gasteiger partial charge >= 0.3 is 0 Å². The third kappa shape index (κ3) is 4.67. The number of aromatic nitrogens is 2. The Morgan fingerprint density at radius 2 is 1.78 bits per heavy atom. The Bertz CT molecular complexity index is 783. The molecular formula is C20H27N5O2. The molecule has 0 radical (unpaired) electrons. The van der Waals surface area contributed by atoms with Gasteiger partial charge in [-0.3, -0.25) is 4.79 Å². The fraction of sp³-hybridized carbons (Fsp3) is 0.450. The molecule has 0 aliphatic carbocycles. The smallest absolute Gasteiger partial charge is 0.227 e. The van der Waals surface area contributed by atoms with Crippen LogP contribution in [-0.2, 0) is 11.2 Å². The van der Waals surface area contributed by atoms with Gasteiger partial charge in [0.1, 0.15) is 23.2 Å². The molecule has 3 rings (SSSR count). The molecule has 1 fully saturated rings. The van der Waals surface area contributed by atoms with E-state index in [4.69, 9.17) is 4.74 Å². The van der Waals surface area contributed by atoms with Crippen molar-refractivity contribution in [1.29, 1.82) is 0 Å². The molecule has 2 heterocycles. The van der Waals surface area contributed by atoms with Crippen LogP contribution < -0.4 is 14.5 Å². The van der Waals surface area contributed by atoms with Gasteiger partial charge in [-0.15, -0.1) is 0 Å². The van der Waals surface area contributed by atoms with Crippen LogP contribution in [0, 0.1) is 6.92 Å². The van der Waals surface area contributed by atoms with E-state index in [9.17, 15) is 4.79 Å². The first kappa shape index (κ1) is 18.9. The van der Waals surface area contributed by atoms with Crippen LogP contribution >= 0.6 is 0 Å². The third-order valence-corrected chi connectivity index (χ3v) is 4.74. The third-order valence-electron chi connectivity index (χ3n) is 4.74. The summed E-state index contributed by atoms with van der Waals surface area (Å²) in [5, 5.41) is 0. The zero-order chi connectivity index (χ0) is 19.4. The second-order valence-corrected chi connectivity index (χ2v) is 6.92. The minimum atomic E-state index is 0.160. The monoisotopic (exact) mass is 369 g/mol. The van der Waals surface area contributed by atoms with E-state index in [0.29, 0.717) is 19.5 Å². The highest BCUT2D eigenvalue weighted by atomic mass is 16.5. The van der Waals surface area contributed by atoms with Crippen LogP contribution in [0.15, 0.2) is 30.3 Å². The molecule has 7 heteroatoms. The lowest BCUT2D eigenvalue weighted by Gasteiger charge is -2.35. The van der Waals surface area contributed by atoms with Crippen molar-refractivity contribution >= 4 is 17.5 Å². The van der Waals surface area contributed by atoms with Crippen LogP contribution in [0.2, 0.25) is 0 Å². The van der Waals surface area contributed by atoms with Crippen LogP contribution in [0.1, 0.15) is 11.4 Å². The van der Waals surface area contributed by atoms with Gasteiger partial charge in [0, 0.05) is 46.3 Å². The van der Waals surface area contributed by atoms with E-state index in [1.54, 1.807) is 7.11 Å². The van der Waals surface area contributed by atoms with Gasteiger partial charge in [-0.1, -0.05) is 12.1 Å². The van der Waals surface area contributed by atoms with Gasteiger partial charge in [0.25, 0.3) is 0 Å². The Labute approximate surface area is 160 Å². The molecule has 144 valence electrons. The molecule has 1 aliphatic heterocycles. The van der Waals surface area contributed by atoms with Crippen LogP contribution in [0.5, 0.6) is 5.75 Å². The summed E-state index contributed by atoms with van der Waals surface area (Å²) in [6, 6.07) is 9.67. The Kier molecular flexibility index (Phi) is 5.78. The second kappa shape index (κ2) is 8.24. The molecule has 1 aromatic carbocycles. The maximum atomic E-state index is 12.6. The molecule has 2 aromatic rings. The van der Waals surface area contributed by atoms with Crippen molar-refractivity contribution in [2.45, 2.75) is 13.3 Å². The number of carbonyl (C=O) groups excluding carboxylic acids is 1. The minimum absolute atomic E-state index is 0.160. The molecule has 1 amide bonds. The van der Waals surface area contributed by atoms with Crippen LogP contribution in [0.25, 0.3) is 0 Å². The zero-order valence-electron chi connectivity index (χ0n) is 16.5. The van der Waals surface area contributed by atoms with Crippen molar-refractivity contribution in [2.75, 3.05) is 57.2 Å². The second-order valence-electron chi connectivity index (χ2n) is 6.92. The molecular weight excluding hydrogens is 342 g/mol. The lowest BCUT2D eigenvalue weighted by Crippen LogP contribution is -2.49. The molecule has 1 aliphatic rings. The first-order valence-electron chi connectivity index (χ1n) is 9.15. The van der Waals surface area contributed by atoms with Gasteiger partial charge < -0.3 is 19.4 Å². The van der Waals surface area contributed by atoms with Crippen molar-refractivity contribution in [1.82, 2.24) is 14.9 Å². The quantitative estimate of drug-likeness (QED) is 0.800. The molecule has 1 saturated heterocycles. The summed E-state index contributed by atoms with van der Waals surface area (Å²) in [5.74, 6) is 3.54. The van der Waals surface area contributed by atoms with Crippen molar-refractivity contribution in [3.05, 3.63) is 41.7 Å². The fourth-order valence-electron chi connectivity index (χ4n) is 3.14. The summed E-state index contributed by atoms with van der Waals surface area (Å²) in [5.41, 5.74) is 1.00. The molecule has 1 aromatic heterocycles. The highest BCUT2D eigenvalue weighted by molar-refractivity contribution is 5.79. The predicted octanol–water partition coefficient (Wildman–Crippen LogP) is 1.75. The molecule has 0 saturated carbocycles. The fourth-order valence-corrected chi connectivity index (χ4v) is 3.14. The van der Waals surface area contributed by atoms with Crippen LogP contribution in [0.4, 0.5) is 11.6 Å². The number of rotatable bonds is 5. The summed E-state index contributed by atoms with van der Waals surface area (Å²) in [6.07, 6.45) is 0.418. The van der Waals surface area contributed by atoms with Crippen LogP contribution in [0.3, 0.4) is 0 Å². The maximum absolute atomic E-state index is 12.6. The Morgan fingerprint density at radius 3 is 2.37 bits per heavy atom. The average molecular weight is 369 g/mol. The summed E-state index contributed by atoms with van der Waals surface area (Å²) in [7, 11) is 5.59. The Balaban J connectivity index is 1.59. The summed E-state index contributed by atoms with van der Waals surface area (Å²) in [6.45, 7) is 4.87. The Morgan fingerprint density at radius 1 is 1.11 bits per heavy atom. The van der Waals surface area contributed by atoms with Gasteiger partial charge in [0.15, 0.2) is 0 Å². The summed E-state index contributed by atoms with van der Waals surface area (Å²) in [4.78, 5) is 27.8. The number of hydrogen-bond acceptors (Lipinski definition) is 6. The lowest BCUT2D eigenvalue weighted by molar-refractivity contribution is -0.130. The molecule has 0 atom stereocenters. The lowest BCUT2D eigenvalue weighted by atomic mass is 10.1. The van der Waals surface area contributed by atoms with E-state index in [2.05, 4.69) is 14.9 Å². The van der Waals surface area contributed by atoms with E-state index in [1.807, 2.05) is 61.2 Å². The number of ether oxygens (including phenoxy) is 1. The summed E-state index contributed by atoms with van der Waals surface area (Å²) >= 11 is 0.